The molecule has 0 spiro atoms. The quantitative estimate of drug-likeness (QED) is 0.345. The van der Waals surface area contributed by atoms with Crippen molar-refractivity contribution in [2.45, 2.75) is 25.8 Å². The number of benzene rings is 2. The molecular formula is C26H27N3O7. The van der Waals surface area contributed by atoms with Crippen LogP contribution in [0.15, 0.2) is 48.5 Å². The van der Waals surface area contributed by atoms with Crippen molar-refractivity contribution < 1.29 is 33.4 Å². The molecule has 2 N–H and O–H groups in total. The minimum atomic E-state index is -1.35. The number of fused-ring (bicyclic) bond motifs is 1. The third kappa shape index (κ3) is 5.32. The minimum absolute atomic E-state index is 0.293. The normalized spacial score (nSPS) is 19.1. The molecule has 2 aliphatic rings. The summed E-state index contributed by atoms with van der Waals surface area (Å²) in [5.41, 5.74) is 0.390. The Hall–Kier alpha value is -4.34. The second kappa shape index (κ2) is 10.5. The molecule has 36 heavy (non-hydrogen) atoms. The highest BCUT2D eigenvalue weighted by molar-refractivity contribution is 6.10. The molecule has 1 unspecified atom stereocenters. The number of rotatable bonds is 7. The maximum atomic E-state index is 13.2. The molecule has 2 aromatic carbocycles. The third-order valence-corrected chi connectivity index (χ3v) is 5.79. The van der Waals surface area contributed by atoms with Crippen molar-refractivity contribution in [3.8, 4) is 11.5 Å². The molecule has 0 radical (unpaired) electrons. The molecule has 0 aliphatic carbocycles. The Balaban J connectivity index is 1.40. The summed E-state index contributed by atoms with van der Waals surface area (Å²) in [6, 6.07) is 11.1. The van der Waals surface area contributed by atoms with E-state index in [2.05, 4.69) is 10.6 Å². The van der Waals surface area contributed by atoms with Crippen molar-refractivity contribution in [3.05, 3.63) is 59.7 Å². The monoisotopic (exact) mass is 493 g/mol. The van der Waals surface area contributed by atoms with Gasteiger partial charge >= 0.3 is 12.0 Å². The number of nitrogens with one attached hydrogen (secondary N) is 2. The third-order valence-electron chi connectivity index (χ3n) is 5.79. The first kappa shape index (κ1) is 24.8. The van der Waals surface area contributed by atoms with E-state index in [0.29, 0.717) is 42.6 Å². The molecule has 0 aromatic heterocycles. The summed E-state index contributed by atoms with van der Waals surface area (Å²) in [4.78, 5) is 50.8. The van der Waals surface area contributed by atoms with E-state index in [9.17, 15) is 19.2 Å². The summed E-state index contributed by atoms with van der Waals surface area (Å²) in [6.45, 7) is 4.18. The number of imide groups is 1. The van der Waals surface area contributed by atoms with Crippen LogP contribution in [-0.4, -0.2) is 55.1 Å². The van der Waals surface area contributed by atoms with Gasteiger partial charge in [-0.05, 0) is 55.3 Å². The summed E-state index contributed by atoms with van der Waals surface area (Å²) < 4.78 is 16.2. The van der Waals surface area contributed by atoms with Crippen LogP contribution in [0.4, 0.5) is 10.5 Å². The first-order chi connectivity index (χ1) is 17.3. The molecule has 1 saturated heterocycles. The van der Waals surface area contributed by atoms with Crippen molar-refractivity contribution in [2.24, 2.45) is 0 Å². The first-order valence-electron chi connectivity index (χ1n) is 11.6. The summed E-state index contributed by atoms with van der Waals surface area (Å²) >= 11 is 0. The summed E-state index contributed by atoms with van der Waals surface area (Å²) in [6.07, 6.45) is 3.65. The van der Waals surface area contributed by atoms with Crippen LogP contribution >= 0.6 is 0 Å². The van der Waals surface area contributed by atoms with Gasteiger partial charge in [0.05, 0.1) is 19.8 Å². The number of esters is 1. The van der Waals surface area contributed by atoms with Crippen molar-refractivity contribution in [1.29, 1.82) is 0 Å². The minimum Gasteiger partial charge on any atom is -0.490 e. The second-order valence-electron chi connectivity index (χ2n) is 8.41. The Bertz CT molecular complexity index is 1210. The molecule has 2 heterocycles. The van der Waals surface area contributed by atoms with E-state index in [-0.39, 0.29) is 0 Å². The van der Waals surface area contributed by atoms with Crippen LogP contribution in [0, 0.1) is 0 Å². The van der Waals surface area contributed by atoms with E-state index in [0.717, 1.165) is 16.9 Å². The van der Waals surface area contributed by atoms with E-state index in [1.165, 1.54) is 6.08 Å². The number of carbonyl (C=O) groups excluding carboxylic acids is 4. The zero-order valence-electron chi connectivity index (χ0n) is 20.0. The van der Waals surface area contributed by atoms with E-state index in [1.54, 1.807) is 62.4 Å². The predicted octanol–water partition coefficient (Wildman–Crippen LogP) is 2.83. The van der Waals surface area contributed by atoms with Gasteiger partial charge in [-0.15, -0.1) is 0 Å². The Kier molecular flexibility index (Phi) is 7.23. The number of anilines is 1. The number of amides is 4. The SMILES string of the molecule is CCOC(=O)/C=C/c1ccc(NC(=O)CN2C(=O)NC(C)(c3ccc4c(c3)OCCCO4)C2=O)cc1. The van der Waals surface area contributed by atoms with Gasteiger partial charge in [-0.1, -0.05) is 18.2 Å². The van der Waals surface area contributed by atoms with Crippen LogP contribution in [0.25, 0.3) is 6.08 Å². The standard InChI is InChI=1S/C26H27N3O7/c1-3-34-23(31)12-7-17-5-9-19(10-6-17)27-22(30)16-29-24(32)26(2,28-25(29)33)18-8-11-20-21(15-18)36-14-4-13-35-20/h5-12,15H,3-4,13-14,16H2,1-2H3,(H,27,30)(H,28,33)/b12-7+. The van der Waals surface area contributed by atoms with Crippen molar-refractivity contribution in [2.75, 3.05) is 31.7 Å². The predicted molar refractivity (Wildman–Crippen MR) is 130 cm³/mol. The lowest BCUT2D eigenvalue weighted by molar-refractivity contribution is -0.137. The molecular weight excluding hydrogens is 466 g/mol. The lowest BCUT2D eigenvalue weighted by Gasteiger charge is -2.23. The molecule has 10 nitrogen and oxygen atoms in total. The highest BCUT2D eigenvalue weighted by Gasteiger charge is 2.49. The van der Waals surface area contributed by atoms with Crippen LogP contribution < -0.4 is 20.1 Å². The molecule has 188 valence electrons. The number of ether oxygens (including phenoxy) is 3. The van der Waals surface area contributed by atoms with Gasteiger partial charge < -0.3 is 24.8 Å². The Labute approximate surface area is 208 Å². The smallest absolute Gasteiger partial charge is 0.330 e. The van der Waals surface area contributed by atoms with E-state index in [1.807, 2.05) is 0 Å². The molecule has 2 aromatic rings. The van der Waals surface area contributed by atoms with Gasteiger partial charge in [0.15, 0.2) is 11.5 Å². The van der Waals surface area contributed by atoms with Crippen LogP contribution in [0.3, 0.4) is 0 Å². The Morgan fingerprint density at radius 2 is 1.83 bits per heavy atom. The van der Waals surface area contributed by atoms with Crippen molar-refractivity contribution >= 4 is 35.6 Å². The fraction of sp³-hybridized carbons (Fsp3) is 0.308. The maximum absolute atomic E-state index is 13.2. The molecule has 4 rings (SSSR count). The first-order valence-corrected chi connectivity index (χ1v) is 11.6. The fourth-order valence-corrected chi connectivity index (χ4v) is 3.89. The average Bonchev–Trinajstić information content (AvgIpc) is 3.02. The number of hydrogen-bond donors (Lipinski definition) is 2. The summed E-state index contributed by atoms with van der Waals surface area (Å²) in [7, 11) is 0. The van der Waals surface area contributed by atoms with Gasteiger partial charge in [0.1, 0.15) is 12.1 Å². The molecule has 2 aliphatic heterocycles. The summed E-state index contributed by atoms with van der Waals surface area (Å²) in [5, 5.41) is 5.37. The molecule has 1 atom stereocenters. The zero-order valence-corrected chi connectivity index (χ0v) is 20.0. The number of carbonyl (C=O) groups is 4. The zero-order chi connectivity index (χ0) is 25.7. The second-order valence-corrected chi connectivity index (χ2v) is 8.41. The molecule has 1 fully saturated rings. The molecule has 4 amide bonds. The Morgan fingerprint density at radius 3 is 2.56 bits per heavy atom. The fourth-order valence-electron chi connectivity index (χ4n) is 3.89. The largest absolute Gasteiger partial charge is 0.490 e. The van der Waals surface area contributed by atoms with Crippen LogP contribution in [-0.2, 0) is 24.7 Å². The van der Waals surface area contributed by atoms with Gasteiger partial charge in [0, 0.05) is 18.2 Å². The van der Waals surface area contributed by atoms with E-state index in [4.69, 9.17) is 14.2 Å². The van der Waals surface area contributed by atoms with Crippen LogP contribution in [0.2, 0.25) is 0 Å². The Morgan fingerprint density at radius 1 is 1.11 bits per heavy atom. The lowest BCUT2D eigenvalue weighted by atomic mass is 9.91. The molecule has 0 saturated carbocycles. The van der Waals surface area contributed by atoms with Crippen LogP contribution in [0.1, 0.15) is 31.4 Å². The number of hydrogen-bond acceptors (Lipinski definition) is 7. The lowest BCUT2D eigenvalue weighted by Crippen LogP contribution is -2.42. The molecule has 10 heteroatoms. The molecule has 0 bridgehead atoms. The van der Waals surface area contributed by atoms with Crippen molar-refractivity contribution in [3.63, 3.8) is 0 Å². The summed E-state index contributed by atoms with van der Waals surface area (Å²) in [5.74, 6) is -0.435. The van der Waals surface area contributed by atoms with Crippen LogP contribution in [0.5, 0.6) is 11.5 Å². The van der Waals surface area contributed by atoms with E-state index >= 15 is 0 Å². The van der Waals surface area contributed by atoms with Gasteiger partial charge in [0.25, 0.3) is 5.91 Å². The van der Waals surface area contributed by atoms with Gasteiger partial charge in [-0.25, -0.2) is 9.59 Å². The number of nitrogens with zero attached hydrogens (tertiary/aromatic N) is 1. The maximum Gasteiger partial charge on any atom is 0.330 e. The van der Waals surface area contributed by atoms with Gasteiger partial charge in [0.2, 0.25) is 5.91 Å². The average molecular weight is 494 g/mol. The highest BCUT2D eigenvalue weighted by Crippen LogP contribution is 2.36. The van der Waals surface area contributed by atoms with Gasteiger partial charge in [-0.2, -0.15) is 0 Å². The topological polar surface area (TPSA) is 123 Å². The van der Waals surface area contributed by atoms with E-state index < -0.39 is 35.9 Å². The highest BCUT2D eigenvalue weighted by atomic mass is 16.5. The van der Waals surface area contributed by atoms with Crippen molar-refractivity contribution in [1.82, 2.24) is 10.2 Å². The van der Waals surface area contributed by atoms with Gasteiger partial charge in [-0.3, -0.25) is 14.5 Å². The number of urea groups is 1.